The highest BCUT2D eigenvalue weighted by Crippen LogP contribution is 2.27. The van der Waals surface area contributed by atoms with Crippen LogP contribution in [0.4, 0.5) is 0 Å². The summed E-state index contributed by atoms with van der Waals surface area (Å²) in [5, 5.41) is 22.4. The molecule has 0 heterocycles. The van der Waals surface area contributed by atoms with Gasteiger partial charge in [-0.15, -0.1) is 0 Å². The van der Waals surface area contributed by atoms with Gasteiger partial charge in [-0.3, -0.25) is 9.59 Å². The van der Waals surface area contributed by atoms with E-state index in [0.29, 0.717) is 11.1 Å². The lowest BCUT2D eigenvalue weighted by molar-refractivity contribution is -0.117. The molecule has 0 aliphatic rings. The maximum atomic E-state index is 12.3. The second kappa shape index (κ2) is 7.38. The van der Waals surface area contributed by atoms with Crippen molar-refractivity contribution < 1.29 is 19.8 Å². The number of Topliss-reactive ketones (excluding diaryl/α,β-unsaturated/α-hetero) is 1. The van der Waals surface area contributed by atoms with Crippen LogP contribution in [0.1, 0.15) is 42.3 Å². The number of ketones is 1. The van der Waals surface area contributed by atoms with Crippen LogP contribution >= 0.6 is 0 Å². The first-order chi connectivity index (χ1) is 11.7. The van der Waals surface area contributed by atoms with Gasteiger partial charge in [-0.25, -0.2) is 0 Å². The molecular weight excluding hydrogens is 318 g/mol. The molecule has 5 nitrogen and oxygen atoms in total. The van der Waals surface area contributed by atoms with Crippen molar-refractivity contribution in [1.82, 2.24) is 5.32 Å². The molecule has 0 aliphatic carbocycles. The number of amides is 1. The smallest absolute Gasteiger partial charge is 0.251 e. The van der Waals surface area contributed by atoms with Gasteiger partial charge >= 0.3 is 0 Å². The van der Waals surface area contributed by atoms with Crippen LogP contribution < -0.4 is 5.32 Å². The van der Waals surface area contributed by atoms with E-state index in [1.165, 1.54) is 18.2 Å². The molecule has 2 aromatic carbocycles. The van der Waals surface area contributed by atoms with Crippen LogP contribution in [0.25, 0.3) is 0 Å². The fraction of sp³-hybridized carbons (Fsp3) is 0.300. The molecule has 0 bridgehead atoms. The van der Waals surface area contributed by atoms with Crippen molar-refractivity contribution in [3.63, 3.8) is 0 Å². The van der Waals surface area contributed by atoms with E-state index in [1.807, 2.05) is 20.8 Å². The third-order valence-corrected chi connectivity index (χ3v) is 3.58. The Morgan fingerprint density at radius 3 is 2.16 bits per heavy atom. The lowest BCUT2D eigenvalue weighted by Crippen LogP contribution is -2.40. The minimum absolute atomic E-state index is 0.0725. The molecule has 0 unspecified atom stereocenters. The monoisotopic (exact) mass is 341 g/mol. The second-order valence-corrected chi connectivity index (χ2v) is 7.07. The minimum Gasteiger partial charge on any atom is -0.508 e. The van der Waals surface area contributed by atoms with Crippen molar-refractivity contribution in [2.24, 2.45) is 0 Å². The van der Waals surface area contributed by atoms with E-state index in [2.05, 4.69) is 5.32 Å². The summed E-state index contributed by atoms with van der Waals surface area (Å²) in [6, 6.07) is 11.3. The standard InChI is InChI=1S/C20H23NO4/c1-20(2,3)21-19(25)14-7-4-6-13(10-14)11-15(22)12-16-17(23)8-5-9-18(16)24/h4-10,23-24H,11-12H2,1-3H3,(H,21,25). The Hall–Kier alpha value is -2.82. The van der Waals surface area contributed by atoms with Crippen LogP contribution in [0.15, 0.2) is 42.5 Å². The van der Waals surface area contributed by atoms with Gasteiger partial charge in [0, 0.05) is 29.5 Å². The second-order valence-electron chi connectivity index (χ2n) is 7.07. The Labute approximate surface area is 147 Å². The average Bonchev–Trinajstić information content (AvgIpc) is 2.50. The first kappa shape index (κ1) is 18.5. The largest absolute Gasteiger partial charge is 0.508 e. The van der Waals surface area contributed by atoms with E-state index < -0.39 is 0 Å². The Kier molecular flexibility index (Phi) is 5.47. The highest BCUT2D eigenvalue weighted by atomic mass is 16.3. The molecule has 0 saturated carbocycles. The Balaban J connectivity index is 2.09. The first-order valence-corrected chi connectivity index (χ1v) is 8.09. The van der Waals surface area contributed by atoms with Crippen molar-refractivity contribution >= 4 is 11.7 Å². The van der Waals surface area contributed by atoms with Crippen molar-refractivity contribution in [3.8, 4) is 11.5 Å². The molecule has 0 radical (unpaired) electrons. The van der Waals surface area contributed by atoms with Gasteiger partial charge in [-0.2, -0.15) is 0 Å². The number of hydrogen-bond donors (Lipinski definition) is 3. The average molecular weight is 341 g/mol. The van der Waals surface area contributed by atoms with Gasteiger partial charge in [0.25, 0.3) is 5.91 Å². The predicted octanol–water partition coefficient (Wildman–Crippen LogP) is 2.98. The summed E-state index contributed by atoms with van der Waals surface area (Å²) in [5.74, 6) is -0.566. The molecule has 132 valence electrons. The van der Waals surface area contributed by atoms with E-state index >= 15 is 0 Å². The number of phenols is 2. The Morgan fingerprint density at radius 2 is 1.56 bits per heavy atom. The van der Waals surface area contributed by atoms with E-state index in [1.54, 1.807) is 24.3 Å². The molecule has 0 fully saturated rings. The Bertz CT molecular complexity index is 770. The number of benzene rings is 2. The summed E-state index contributed by atoms with van der Waals surface area (Å²) in [4.78, 5) is 24.5. The molecule has 2 rings (SSSR count). The molecule has 2 aromatic rings. The molecular formula is C20H23NO4. The van der Waals surface area contributed by atoms with Crippen LogP contribution in [0.3, 0.4) is 0 Å². The molecule has 3 N–H and O–H groups in total. The van der Waals surface area contributed by atoms with Gasteiger partial charge in [-0.1, -0.05) is 18.2 Å². The maximum Gasteiger partial charge on any atom is 0.251 e. The first-order valence-electron chi connectivity index (χ1n) is 8.09. The van der Waals surface area contributed by atoms with Crippen molar-refractivity contribution in [2.45, 2.75) is 39.2 Å². The third kappa shape index (κ3) is 5.35. The molecule has 5 heteroatoms. The highest BCUT2D eigenvalue weighted by Gasteiger charge is 2.16. The quantitative estimate of drug-likeness (QED) is 0.780. The van der Waals surface area contributed by atoms with Crippen LogP contribution in [-0.4, -0.2) is 27.4 Å². The molecule has 0 aromatic heterocycles. The molecule has 1 amide bonds. The van der Waals surface area contributed by atoms with E-state index in [4.69, 9.17) is 0 Å². The van der Waals surface area contributed by atoms with Crippen molar-refractivity contribution in [3.05, 3.63) is 59.2 Å². The maximum absolute atomic E-state index is 12.3. The number of phenolic OH excluding ortho intramolecular Hbond substituents is 2. The molecule has 0 aliphatic heterocycles. The van der Waals surface area contributed by atoms with Crippen LogP contribution in [0.2, 0.25) is 0 Å². The molecule has 0 atom stereocenters. The number of aromatic hydroxyl groups is 2. The topological polar surface area (TPSA) is 86.6 Å². The summed E-state index contributed by atoms with van der Waals surface area (Å²) in [7, 11) is 0. The van der Waals surface area contributed by atoms with Gasteiger partial charge in [0.05, 0.1) is 0 Å². The number of rotatable bonds is 5. The Morgan fingerprint density at radius 1 is 0.960 bits per heavy atom. The summed E-state index contributed by atoms with van der Waals surface area (Å²) in [5.41, 5.74) is 1.08. The minimum atomic E-state index is -0.342. The van der Waals surface area contributed by atoms with Crippen molar-refractivity contribution in [2.75, 3.05) is 0 Å². The van der Waals surface area contributed by atoms with Gasteiger partial charge in [0.2, 0.25) is 0 Å². The van der Waals surface area contributed by atoms with Gasteiger partial charge in [0.1, 0.15) is 17.3 Å². The number of carbonyl (C=O) groups excluding carboxylic acids is 2. The summed E-state index contributed by atoms with van der Waals surface area (Å²) in [6.07, 6.45) is 0.0430. The normalized spacial score (nSPS) is 11.2. The summed E-state index contributed by atoms with van der Waals surface area (Å²) < 4.78 is 0. The number of carbonyl (C=O) groups is 2. The fourth-order valence-corrected chi connectivity index (χ4v) is 2.47. The SMILES string of the molecule is CC(C)(C)NC(=O)c1cccc(CC(=O)Cc2c(O)cccc2O)c1. The lowest BCUT2D eigenvalue weighted by Gasteiger charge is -2.20. The zero-order valence-corrected chi connectivity index (χ0v) is 14.7. The van der Waals surface area contributed by atoms with E-state index in [9.17, 15) is 19.8 Å². The van der Waals surface area contributed by atoms with Gasteiger partial charge in [-0.05, 0) is 50.6 Å². The summed E-state index contributed by atoms with van der Waals surface area (Å²) in [6.45, 7) is 5.70. The number of nitrogens with one attached hydrogen (secondary N) is 1. The lowest BCUT2D eigenvalue weighted by atomic mass is 9.99. The zero-order valence-electron chi connectivity index (χ0n) is 14.7. The predicted molar refractivity (Wildman–Crippen MR) is 95.8 cm³/mol. The van der Waals surface area contributed by atoms with Gasteiger partial charge < -0.3 is 15.5 Å². The van der Waals surface area contributed by atoms with E-state index in [0.717, 1.165) is 0 Å². The number of hydrogen-bond acceptors (Lipinski definition) is 4. The third-order valence-electron chi connectivity index (χ3n) is 3.58. The fourth-order valence-electron chi connectivity index (χ4n) is 2.47. The van der Waals surface area contributed by atoms with Crippen LogP contribution in [0, 0.1) is 0 Å². The summed E-state index contributed by atoms with van der Waals surface area (Å²) >= 11 is 0. The molecule has 0 spiro atoms. The van der Waals surface area contributed by atoms with Crippen molar-refractivity contribution in [1.29, 1.82) is 0 Å². The molecule has 25 heavy (non-hydrogen) atoms. The van der Waals surface area contributed by atoms with Crippen LogP contribution in [0.5, 0.6) is 11.5 Å². The van der Waals surface area contributed by atoms with Crippen LogP contribution in [-0.2, 0) is 17.6 Å². The van der Waals surface area contributed by atoms with E-state index in [-0.39, 0.29) is 47.1 Å². The van der Waals surface area contributed by atoms with Gasteiger partial charge in [0.15, 0.2) is 0 Å². The zero-order chi connectivity index (χ0) is 18.6. The highest BCUT2D eigenvalue weighted by molar-refractivity contribution is 5.95. The molecule has 0 saturated heterocycles.